The Kier molecular flexibility index (Phi) is 2.40. The largest absolute Gasteiger partial charge is 0.348 e. The normalized spacial score (nSPS) is 32.6. The van der Waals surface area contributed by atoms with E-state index in [9.17, 15) is 4.79 Å². The van der Waals surface area contributed by atoms with Gasteiger partial charge in [0.1, 0.15) is 5.69 Å². The fourth-order valence-corrected chi connectivity index (χ4v) is 2.82. The molecule has 0 saturated carbocycles. The highest BCUT2D eigenvalue weighted by atomic mass is 16.2. The van der Waals surface area contributed by atoms with E-state index in [1.165, 1.54) is 12.8 Å². The van der Waals surface area contributed by atoms with Gasteiger partial charge in [0, 0.05) is 24.3 Å². The first-order valence-corrected chi connectivity index (χ1v) is 5.87. The number of hydrogen-bond donors (Lipinski definition) is 3. The Bertz CT molecular complexity index is 363. The highest BCUT2D eigenvalue weighted by molar-refractivity contribution is 5.92. The molecule has 3 N–H and O–H groups in total. The van der Waals surface area contributed by atoms with Gasteiger partial charge in [0.15, 0.2) is 0 Å². The Labute approximate surface area is 94.0 Å². The number of carbonyl (C=O) groups excluding carboxylic acids is 1. The number of amides is 1. The molecule has 0 spiro atoms. The molecule has 2 atom stereocenters. The minimum Gasteiger partial charge on any atom is -0.348 e. The molecule has 2 saturated heterocycles. The van der Waals surface area contributed by atoms with Crippen LogP contribution < -0.4 is 10.6 Å². The van der Waals surface area contributed by atoms with Gasteiger partial charge in [0.05, 0.1) is 0 Å². The van der Waals surface area contributed by atoms with Crippen LogP contribution in [0.2, 0.25) is 0 Å². The van der Waals surface area contributed by atoms with Gasteiger partial charge in [-0.3, -0.25) is 9.89 Å². The smallest absolute Gasteiger partial charge is 0.269 e. The van der Waals surface area contributed by atoms with Crippen molar-refractivity contribution >= 4 is 5.91 Å². The zero-order valence-electron chi connectivity index (χ0n) is 9.07. The van der Waals surface area contributed by atoms with Gasteiger partial charge in [0.2, 0.25) is 0 Å². The molecule has 3 heterocycles. The second-order valence-electron chi connectivity index (χ2n) is 4.75. The summed E-state index contributed by atoms with van der Waals surface area (Å²) in [5.74, 6) is -0.0381. The molecule has 2 fully saturated rings. The van der Waals surface area contributed by atoms with Crippen LogP contribution in [0.4, 0.5) is 0 Å². The van der Waals surface area contributed by atoms with E-state index in [1.54, 1.807) is 12.3 Å². The van der Waals surface area contributed by atoms with Gasteiger partial charge >= 0.3 is 0 Å². The number of aromatic nitrogens is 2. The fourth-order valence-electron chi connectivity index (χ4n) is 2.82. The number of aromatic amines is 1. The van der Waals surface area contributed by atoms with Crippen molar-refractivity contribution in [2.75, 3.05) is 0 Å². The summed E-state index contributed by atoms with van der Waals surface area (Å²) in [5.41, 5.74) is 0.547. The summed E-state index contributed by atoms with van der Waals surface area (Å²) in [6.45, 7) is 0. The van der Waals surface area contributed by atoms with Crippen LogP contribution in [0, 0.1) is 0 Å². The van der Waals surface area contributed by atoms with E-state index in [1.807, 2.05) is 0 Å². The number of piperidine rings is 1. The molecule has 0 aromatic carbocycles. The Morgan fingerprint density at radius 2 is 2.12 bits per heavy atom. The van der Waals surface area contributed by atoms with Crippen LogP contribution in [0.25, 0.3) is 0 Å². The SMILES string of the molecule is O=C(NC1CC2CCC(C1)N2)c1ccn[nH]1. The third-order valence-corrected chi connectivity index (χ3v) is 3.55. The van der Waals surface area contributed by atoms with E-state index < -0.39 is 0 Å². The molecule has 2 unspecified atom stereocenters. The van der Waals surface area contributed by atoms with Crippen LogP contribution in [0.1, 0.15) is 36.2 Å². The lowest BCUT2D eigenvalue weighted by Gasteiger charge is -2.29. The van der Waals surface area contributed by atoms with Gasteiger partial charge in [0.25, 0.3) is 5.91 Å². The second-order valence-corrected chi connectivity index (χ2v) is 4.75. The van der Waals surface area contributed by atoms with Crippen molar-refractivity contribution in [2.45, 2.75) is 43.8 Å². The average molecular weight is 220 g/mol. The summed E-state index contributed by atoms with van der Waals surface area (Å²) in [6, 6.07) is 3.22. The maximum Gasteiger partial charge on any atom is 0.269 e. The summed E-state index contributed by atoms with van der Waals surface area (Å²) in [4.78, 5) is 11.8. The zero-order valence-corrected chi connectivity index (χ0v) is 9.07. The van der Waals surface area contributed by atoms with Crippen molar-refractivity contribution in [3.63, 3.8) is 0 Å². The number of fused-ring (bicyclic) bond motifs is 2. The van der Waals surface area contributed by atoms with Crippen LogP contribution in [0.3, 0.4) is 0 Å². The summed E-state index contributed by atoms with van der Waals surface area (Å²) in [6.07, 6.45) is 6.20. The molecule has 0 radical (unpaired) electrons. The Morgan fingerprint density at radius 3 is 2.75 bits per heavy atom. The summed E-state index contributed by atoms with van der Waals surface area (Å²) in [7, 11) is 0. The summed E-state index contributed by atoms with van der Waals surface area (Å²) < 4.78 is 0. The molecule has 1 amide bonds. The average Bonchev–Trinajstić information content (AvgIpc) is 2.88. The summed E-state index contributed by atoms with van der Waals surface area (Å²) >= 11 is 0. The van der Waals surface area contributed by atoms with E-state index >= 15 is 0 Å². The molecular formula is C11H16N4O. The predicted molar refractivity (Wildman–Crippen MR) is 59.0 cm³/mol. The molecule has 5 nitrogen and oxygen atoms in total. The number of hydrogen-bond acceptors (Lipinski definition) is 3. The Morgan fingerprint density at radius 1 is 1.38 bits per heavy atom. The number of nitrogens with zero attached hydrogens (tertiary/aromatic N) is 1. The predicted octanol–water partition coefficient (Wildman–Crippen LogP) is 0.422. The topological polar surface area (TPSA) is 69.8 Å². The molecule has 2 bridgehead atoms. The molecule has 2 aliphatic heterocycles. The van der Waals surface area contributed by atoms with Crippen molar-refractivity contribution in [3.05, 3.63) is 18.0 Å². The lowest BCUT2D eigenvalue weighted by molar-refractivity contribution is 0.0919. The second kappa shape index (κ2) is 3.90. The molecular weight excluding hydrogens is 204 g/mol. The van der Waals surface area contributed by atoms with Crippen molar-refractivity contribution < 1.29 is 4.79 Å². The monoisotopic (exact) mass is 220 g/mol. The Balaban J connectivity index is 1.61. The molecule has 16 heavy (non-hydrogen) atoms. The maximum atomic E-state index is 11.8. The lowest BCUT2D eigenvalue weighted by Crippen LogP contribution is -2.48. The Hall–Kier alpha value is -1.36. The number of carbonyl (C=O) groups is 1. The van der Waals surface area contributed by atoms with Gasteiger partial charge in [-0.2, -0.15) is 5.10 Å². The lowest BCUT2D eigenvalue weighted by atomic mass is 10.00. The van der Waals surface area contributed by atoms with Crippen molar-refractivity contribution in [2.24, 2.45) is 0 Å². The number of rotatable bonds is 2. The highest BCUT2D eigenvalue weighted by Crippen LogP contribution is 2.26. The molecule has 1 aromatic rings. The first-order valence-electron chi connectivity index (χ1n) is 5.87. The van der Waals surface area contributed by atoms with E-state index in [0.29, 0.717) is 23.8 Å². The van der Waals surface area contributed by atoms with Gasteiger partial charge in [-0.25, -0.2) is 0 Å². The quantitative estimate of drug-likeness (QED) is 0.676. The molecule has 0 aliphatic carbocycles. The van der Waals surface area contributed by atoms with E-state index in [0.717, 1.165) is 12.8 Å². The first-order chi connectivity index (χ1) is 7.81. The van der Waals surface area contributed by atoms with E-state index in [4.69, 9.17) is 0 Å². The minimum atomic E-state index is -0.0381. The van der Waals surface area contributed by atoms with E-state index in [-0.39, 0.29) is 5.91 Å². The van der Waals surface area contributed by atoms with Crippen molar-refractivity contribution in [1.82, 2.24) is 20.8 Å². The van der Waals surface area contributed by atoms with Crippen LogP contribution in [-0.4, -0.2) is 34.2 Å². The van der Waals surface area contributed by atoms with Crippen LogP contribution in [0.5, 0.6) is 0 Å². The van der Waals surface area contributed by atoms with Crippen LogP contribution in [0.15, 0.2) is 12.3 Å². The molecule has 5 heteroatoms. The number of nitrogens with one attached hydrogen (secondary N) is 3. The third kappa shape index (κ3) is 1.82. The van der Waals surface area contributed by atoms with Crippen molar-refractivity contribution in [1.29, 1.82) is 0 Å². The maximum absolute atomic E-state index is 11.8. The minimum absolute atomic E-state index is 0.0381. The van der Waals surface area contributed by atoms with Gasteiger partial charge in [-0.05, 0) is 31.7 Å². The standard InChI is InChI=1S/C11H16N4O/c16-11(10-3-4-12-15-10)14-9-5-7-1-2-8(6-9)13-7/h3-4,7-9,13H,1-2,5-6H2,(H,12,15)(H,14,16). The first kappa shape index (κ1) is 9.84. The third-order valence-electron chi connectivity index (χ3n) is 3.55. The molecule has 2 aliphatic rings. The van der Waals surface area contributed by atoms with Gasteiger partial charge in [-0.15, -0.1) is 0 Å². The molecule has 3 rings (SSSR count). The summed E-state index contributed by atoms with van der Waals surface area (Å²) in [5, 5.41) is 13.1. The number of H-pyrrole nitrogens is 1. The van der Waals surface area contributed by atoms with Gasteiger partial charge < -0.3 is 10.6 Å². The van der Waals surface area contributed by atoms with Crippen LogP contribution >= 0.6 is 0 Å². The zero-order chi connectivity index (χ0) is 11.0. The van der Waals surface area contributed by atoms with Crippen molar-refractivity contribution in [3.8, 4) is 0 Å². The molecule has 1 aromatic heterocycles. The highest BCUT2D eigenvalue weighted by Gasteiger charge is 2.34. The van der Waals surface area contributed by atoms with Gasteiger partial charge in [-0.1, -0.05) is 0 Å². The molecule has 86 valence electrons. The van der Waals surface area contributed by atoms with E-state index in [2.05, 4.69) is 20.8 Å². The van der Waals surface area contributed by atoms with Crippen LogP contribution in [-0.2, 0) is 0 Å². The fraction of sp³-hybridized carbons (Fsp3) is 0.636.